The van der Waals surface area contributed by atoms with E-state index in [-0.39, 0.29) is 55.9 Å². The highest BCUT2D eigenvalue weighted by molar-refractivity contribution is 6.05. The van der Waals surface area contributed by atoms with Crippen LogP contribution < -0.4 is 0 Å². The highest BCUT2D eigenvalue weighted by Gasteiger charge is 2.41. The second-order valence-corrected chi connectivity index (χ2v) is 7.43. The van der Waals surface area contributed by atoms with E-state index in [0.717, 1.165) is 12.8 Å². The third kappa shape index (κ3) is 8.11. The van der Waals surface area contributed by atoms with Crippen molar-refractivity contribution in [3.63, 3.8) is 0 Å². The number of rotatable bonds is 13. The average molecular weight is 369 g/mol. The molecule has 0 aromatic carbocycles. The van der Waals surface area contributed by atoms with E-state index >= 15 is 0 Å². The molecule has 0 aromatic heterocycles. The van der Waals surface area contributed by atoms with Crippen LogP contribution in [0.2, 0.25) is 0 Å². The molecule has 0 N–H and O–H groups in total. The number of Topliss-reactive ketones (excluding diaryl/α,β-unsaturated/α-hetero) is 2. The minimum Gasteiger partial charge on any atom is -0.466 e. The summed E-state index contributed by atoms with van der Waals surface area (Å²) in [5.41, 5.74) is -1.52. The average Bonchev–Trinajstić information content (AvgIpc) is 2.53. The summed E-state index contributed by atoms with van der Waals surface area (Å²) in [6, 6.07) is 0. The first-order valence-corrected chi connectivity index (χ1v) is 9.13. The summed E-state index contributed by atoms with van der Waals surface area (Å²) in [4.78, 5) is 48.0. The van der Waals surface area contributed by atoms with Gasteiger partial charge in [0.05, 0.1) is 18.6 Å². The van der Waals surface area contributed by atoms with Crippen molar-refractivity contribution in [2.75, 3.05) is 13.2 Å². The lowest BCUT2D eigenvalue weighted by Gasteiger charge is -2.28. The number of carbonyl (C=O) groups excluding carboxylic acids is 4. The van der Waals surface area contributed by atoms with E-state index < -0.39 is 17.4 Å². The Bertz CT molecular complexity index is 492. The van der Waals surface area contributed by atoms with Gasteiger partial charge in [0.15, 0.2) is 0 Å². The molecule has 1 radical (unpaired) electrons. The fourth-order valence-corrected chi connectivity index (χ4v) is 2.84. The summed E-state index contributed by atoms with van der Waals surface area (Å²) >= 11 is 0. The van der Waals surface area contributed by atoms with E-state index in [0.29, 0.717) is 0 Å². The van der Waals surface area contributed by atoms with Crippen molar-refractivity contribution in [2.45, 2.75) is 73.1 Å². The largest absolute Gasteiger partial charge is 0.466 e. The van der Waals surface area contributed by atoms with Gasteiger partial charge >= 0.3 is 11.9 Å². The Balaban J connectivity index is 4.88. The third-order valence-corrected chi connectivity index (χ3v) is 4.64. The summed E-state index contributed by atoms with van der Waals surface area (Å²) in [6.07, 6.45) is 1.55. The van der Waals surface area contributed by atoms with Crippen LogP contribution in [0, 0.1) is 17.8 Å². The first kappa shape index (κ1) is 24.3. The fraction of sp³-hybridized carbons (Fsp3) is 0.750. The van der Waals surface area contributed by atoms with Crippen LogP contribution in [0.25, 0.3) is 0 Å². The molecule has 0 atom stereocenters. The van der Waals surface area contributed by atoms with Crippen molar-refractivity contribution < 1.29 is 28.7 Å². The molecule has 0 aliphatic carbocycles. The molecule has 6 heteroatoms. The number of hydrogen-bond donors (Lipinski definition) is 0. The lowest BCUT2D eigenvalue weighted by atomic mass is 9.73. The Hall–Kier alpha value is -1.72. The molecule has 0 aliphatic heterocycles. The van der Waals surface area contributed by atoms with Crippen LogP contribution in [-0.4, -0.2) is 36.7 Å². The molecule has 0 saturated heterocycles. The summed E-state index contributed by atoms with van der Waals surface area (Å²) in [7, 11) is 0. The summed E-state index contributed by atoms with van der Waals surface area (Å²) < 4.78 is 10.2. The van der Waals surface area contributed by atoms with E-state index in [2.05, 4.69) is 6.92 Å². The molecular weight excluding hydrogens is 336 g/mol. The van der Waals surface area contributed by atoms with Crippen LogP contribution in [0.4, 0.5) is 0 Å². The lowest BCUT2D eigenvalue weighted by Crippen LogP contribution is -2.38. The Kier molecular flexibility index (Phi) is 10.4. The minimum atomic E-state index is -1.35. The van der Waals surface area contributed by atoms with Crippen molar-refractivity contribution in [3.05, 3.63) is 6.92 Å². The maximum Gasteiger partial charge on any atom is 0.305 e. The molecule has 149 valence electrons. The van der Waals surface area contributed by atoms with Gasteiger partial charge < -0.3 is 9.47 Å². The van der Waals surface area contributed by atoms with Crippen molar-refractivity contribution in [3.8, 4) is 0 Å². The predicted molar refractivity (Wildman–Crippen MR) is 98.2 cm³/mol. The Morgan fingerprint density at radius 1 is 0.846 bits per heavy atom. The molecule has 0 bridgehead atoms. The highest BCUT2D eigenvalue weighted by Crippen LogP contribution is 2.33. The van der Waals surface area contributed by atoms with Crippen LogP contribution in [0.3, 0.4) is 0 Å². The zero-order valence-corrected chi connectivity index (χ0v) is 16.8. The topological polar surface area (TPSA) is 86.7 Å². The summed E-state index contributed by atoms with van der Waals surface area (Å²) in [5.74, 6) is -1.61. The van der Waals surface area contributed by atoms with Gasteiger partial charge in [0.1, 0.15) is 11.6 Å². The van der Waals surface area contributed by atoms with Crippen LogP contribution in [0.5, 0.6) is 0 Å². The predicted octanol–water partition coefficient (Wildman–Crippen LogP) is 3.46. The second kappa shape index (κ2) is 11.1. The van der Waals surface area contributed by atoms with Crippen molar-refractivity contribution >= 4 is 23.5 Å². The minimum absolute atomic E-state index is 0.0334. The first-order valence-electron chi connectivity index (χ1n) is 9.13. The highest BCUT2D eigenvalue weighted by atomic mass is 16.5. The van der Waals surface area contributed by atoms with Gasteiger partial charge in [-0.25, -0.2) is 0 Å². The second-order valence-electron chi connectivity index (χ2n) is 7.43. The number of ketones is 2. The standard InChI is InChI=1S/C20H33O6/c1-7-11-19(5,6)14-26-18(24)10-13-20(15(3)21,16(4)22)12-9-17(23)25-8-2/h1,7-14H2,2-6H3. The molecule has 0 aromatic rings. The van der Waals surface area contributed by atoms with Crippen LogP contribution in [0.1, 0.15) is 73.1 Å². The number of hydrogen-bond acceptors (Lipinski definition) is 6. The normalized spacial score (nSPS) is 11.8. The molecule has 0 heterocycles. The van der Waals surface area contributed by atoms with Crippen LogP contribution >= 0.6 is 0 Å². The zero-order valence-electron chi connectivity index (χ0n) is 16.8. The van der Waals surface area contributed by atoms with Gasteiger partial charge in [-0.05, 0) is 45.4 Å². The summed E-state index contributed by atoms with van der Waals surface area (Å²) in [5, 5.41) is 0. The van der Waals surface area contributed by atoms with Crippen molar-refractivity contribution in [1.29, 1.82) is 0 Å². The smallest absolute Gasteiger partial charge is 0.305 e. The Morgan fingerprint density at radius 3 is 1.69 bits per heavy atom. The SMILES string of the molecule is [CH2]CCC(C)(C)COC(=O)CCC(CCC(=O)OCC)(C(C)=O)C(C)=O. The molecule has 0 saturated carbocycles. The molecule has 26 heavy (non-hydrogen) atoms. The Labute approximate surface area is 157 Å². The third-order valence-electron chi connectivity index (χ3n) is 4.64. The monoisotopic (exact) mass is 369 g/mol. The lowest BCUT2D eigenvalue weighted by molar-refractivity contribution is -0.149. The maximum absolute atomic E-state index is 12.2. The zero-order chi connectivity index (χ0) is 20.4. The van der Waals surface area contributed by atoms with Crippen molar-refractivity contribution in [1.82, 2.24) is 0 Å². The quantitative estimate of drug-likeness (QED) is 0.365. The van der Waals surface area contributed by atoms with E-state index in [1.54, 1.807) is 6.92 Å². The number of esters is 2. The van der Waals surface area contributed by atoms with Crippen LogP contribution in [-0.2, 0) is 28.7 Å². The summed E-state index contributed by atoms with van der Waals surface area (Å²) in [6.45, 7) is 12.6. The molecule has 0 amide bonds. The molecule has 0 spiro atoms. The first-order chi connectivity index (χ1) is 12.0. The van der Waals surface area contributed by atoms with E-state index in [4.69, 9.17) is 9.47 Å². The molecular formula is C20H33O6. The van der Waals surface area contributed by atoms with Gasteiger partial charge in [-0.1, -0.05) is 27.2 Å². The number of ether oxygens (including phenoxy) is 2. The molecule has 0 fully saturated rings. The molecule has 6 nitrogen and oxygen atoms in total. The fourth-order valence-electron chi connectivity index (χ4n) is 2.84. The molecule has 0 unspecified atom stereocenters. The van der Waals surface area contributed by atoms with E-state index in [1.807, 2.05) is 13.8 Å². The maximum atomic E-state index is 12.2. The molecule has 0 rings (SSSR count). The van der Waals surface area contributed by atoms with Crippen LogP contribution in [0.15, 0.2) is 0 Å². The van der Waals surface area contributed by atoms with E-state index in [9.17, 15) is 19.2 Å². The van der Waals surface area contributed by atoms with Gasteiger partial charge in [0.2, 0.25) is 0 Å². The van der Waals surface area contributed by atoms with Gasteiger partial charge in [-0.2, -0.15) is 0 Å². The molecule has 0 aliphatic rings. The van der Waals surface area contributed by atoms with E-state index in [1.165, 1.54) is 13.8 Å². The van der Waals surface area contributed by atoms with Gasteiger partial charge in [-0.15, -0.1) is 0 Å². The van der Waals surface area contributed by atoms with Gasteiger partial charge in [0.25, 0.3) is 0 Å². The van der Waals surface area contributed by atoms with Crippen molar-refractivity contribution in [2.24, 2.45) is 10.8 Å². The Morgan fingerprint density at radius 2 is 1.31 bits per heavy atom. The number of carbonyl (C=O) groups is 4. The van der Waals surface area contributed by atoms with Gasteiger partial charge in [-0.3, -0.25) is 19.2 Å². The van der Waals surface area contributed by atoms with Gasteiger partial charge in [0, 0.05) is 12.8 Å².